The zero-order valence-electron chi connectivity index (χ0n) is 13.1. The second-order valence-electron chi connectivity index (χ2n) is 5.74. The number of carbonyl (C=O) groups is 1. The van der Waals surface area contributed by atoms with Gasteiger partial charge in [-0.25, -0.2) is 4.39 Å². The van der Waals surface area contributed by atoms with Gasteiger partial charge in [0.25, 0.3) is 0 Å². The van der Waals surface area contributed by atoms with Crippen molar-refractivity contribution < 1.29 is 9.18 Å². The van der Waals surface area contributed by atoms with Gasteiger partial charge in [-0.15, -0.1) is 12.4 Å². The number of carbonyl (C=O) groups excluding carboxylic acids is 1. The lowest BCUT2D eigenvalue weighted by Crippen LogP contribution is -2.46. The predicted octanol–water partition coefficient (Wildman–Crippen LogP) is 2.72. The smallest absolute Gasteiger partial charge is 0.221 e. The van der Waals surface area contributed by atoms with Crippen molar-refractivity contribution >= 4 is 29.9 Å². The molecule has 1 aliphatic rings. The van der Waals surface area contributed by atoms with Crippen molar-refractivity contribution in [2.24, 2.45) is 5.73 Å². The van der Waals surface area contributed by atoms with Crippen molar-refractivity contribution in [3.05, 3.63) is 34.6 Å². The van der Waals surface area contributed by atoms with E-state index < -0.39 is 0 Å². The third-order valence-corrected chi connectivity index (χ3v) is 4.18. The zero-order valence-corrected chi connectivity index (χ0v) is 14.6. The summed E-state index contributed by atoms with van der Waals surface area (Å²) in [5.74, 6) is -0.325. The van der Waals surface area contributed by atoms with Crippen LogP contribution in [0.2, 0.25) is 5.02 Å². The third kappa shape index (κ3) is 6.63. The summed E-state index contributed by atoms with van der Waals surface area (Å²) >= 11 is 5.91. The lowest BCUT2D eigenvalue weighted by atomic mass is 10.0. The van der Waals surface area contributed by atoms with Crippen molar-refractivity contribution in [3.8, 4) is 0 Å². The van der Waals surface area contributed by atoms with Crippen LogP contribution < -0.4 is 11.1 Å². The summed E-state index contributed by atoms with van der Waals surface area (Å²) in [6.07, 6.45) is 3.66. The van der Waals surface area contributed by atoms with Gasteiger partial charge in [-0.2, -0.15) is 0 Å². The highest BCUT2D eigenvalue weighted by Gasteiger charge is 2.23. The minimum absolute atomic E-state index is 0. The molecule has 0 bridgehead atoms. The second-order valence-corrected chi connectivity index (χ2v) is 6.18. The normalized spacial score (nSPS) is 18.3. The number of nitrogens with zero attached hydrogens (tertiary/aromatic N) is 1. The molecule has 1 fully saturated rings. The summed E-state index contributed by atoms with van der Waals surface area (Å²) in [5.41, 5.74) is 6.24. The molecule has 4 nitrogen and oxygen atoms in total. The molecule has 1 saturated heterocycles. The molecule has 0 radical (unpaired) electrons. The average molecular weight is 364 g/mol. The molecule has 130 valence electrons. The standard InChI is InChI=1S/C16H23ClFN3O.ClH/c17-13-7-12(8-14(18)9-13)11-21-6-2-1-3-15(21)10-20-16(22)4-5-19;/h7-9,15H,1-6,10-11,19H2,(H,20,22);1H. The number of likely N-dealkylation sites (tertiary alicyclic amines) is 1. The number of benzene rings is 1. The van der Waals surface area contributed by atoms with E-state index in [1.807, 2.05) is 0 Å². The highest BCUT2D eigenvalue weighted by molar-refractivity contribution is 6.30. The van der Waals surface area contributed by atoms with E-state index in [0.717, 1.165) is 31.4 Å². The van der Waals surface area contributed by atoms with Gasteiger partial charge >= 0.3 is 0 Å². The SMILES string of the molecule is Cl.NCCC(=O)NCC1CCCCN1Cc1cc(F)cc(Cl)c1. The maximum atomic E-state index is 13.4. The summed E-state index contributed by atoms with van der Waals surface area (Å²) in [7, 11) is 0. The molecule has 3 N–H and O–H groups in total. The Bertz CT molecular complexity index is 496. The van der Waals surface area contributed by atoms with Crippen molar-refractivity contribution in [2.75, 3.05) is 19.6 Å². The van der Waals surface area contributed by atoms with Crippen LogP contribution in [0.3, 0.4) is 0 Å². The predicted molar refractivity (Wildman–Crippen MR) is 93.4 cm³/mol. The summed E-state index contributed by atoms with van der Waals surface area (Å²) in [4.78, 5) is 13.9. The molecular formula is C16H24Cl2FN3O. The average Bonchev–Trinajstić information content (AvgIpc) is 2.45. The van der Waals surface area contributed by atoms with Gasteiger partial charge in [0.1, 0.15) is 5.82 Å². The molecule has 1 heterocycles. The van der Waals surface area contributed by atoms with E-state index in [4.69, 9.17) is 17.3 Å². The van der Waals surface area contributed by atoms with Crippen LogP contribution in [0, 0.1) is 5.82 Å². The van der Waals surface area contributed by atoms with Crippen molar-refractivity contribution in [1.29, 1.82) is 0 Å². The zero-order chi connectivity index (χ0) is 15.9. The van der Waals surface area contributed by atoms with E-state index in [2.05, 4.69) is 10.2 Å². The van der Waals surface area contributed by atoms with Gasteiger partial charge < -0.3 is 11.1 Å². The number of piperidine rings is 1. The summed E-state index contributed by atoms with van der Waals surface area (Å²) in [6.45, 7) is 2.57. The van der Waals surface area contributed by atoms with Crippen molar-refractivity contribution in [2.45, 2.75) is 38.3 Å². The van der Waals surface area contributed by atoms with Gasteiger partial charge in [-0.3, -0.25) is 9.69 Å². The Morgan fingerprint density at radius 3 is 2.87 bits per heavy atom. The Kier molecular flexibility index (Phi) is 8.84. The van der Waals surface area contributed by atoms with Gasteiger partial charge in [0, 0.05) is 37.1 Å². The fraction of sp³-hybridized carbons (Fsp3) is 0.562. The lowest BCUT2D eigenvalue weighted by Gasteiger charge is -2.36. The quantitative estimate of drug-likeness (QED) is 0.816. The summed E-state index contributed by atoms with van der Waals surface area (Å²) < 4.78 is 13.4. The molecule has 1 aromatic carbocycles. The third-order valence-electron chi connectivity index (χ3n) is 3.96. The maximum Gasteiger partial charge on any atom is 0.221 e. The van der Waals surface area contributed by atoms with Crippen molar-refractivity contribution in [1.82, 2.24) is 10.2 Å². The molecule has 1 aliphatic heterocycles. The van der Waals surface area contributed by atoms with Crippen LogP contribution in [0.1, 0.15) is 31.2 Å². The molecule has 1 atom stereocenters. The Morgan fingerprint density at radius 1 is 1.39 bits per heavy atom. The Labute approximate surface area is 148 Å². The lowest BCUT2D eigenvalue weighted by molar-refractivity contribution is -0.121. The number of hydrogen-bond acceptors (Lipinski definition) is 3. The minimum atomic E-state index is -0.313. The van der Waals surface area contributed by atoms with Crippen LogP contribution >= 0.6 is 24.0 Å². The number of hydrogen-bond donors (Lipinski definition) is 2. The van der Waals surface area contributed by atoms with Crippen LogP contribution in [0.25, 0.3) is 0 Å². The first-order chi connectivity index (χ1) is 10.6. The number of amides is 1. The van der Waals surface area contributed by atoms with Crippen LogP contribution in [0.4, 0.5) is 4.39 Å². The van der Waals surface area contributed by atoms with E-state index in [1.165, 1.54) is 12.1 Å². The van der Waals surface area contributed by atoms with Crippen LogP contribution in [-0.2, 0) is 11.3 Å². The molecule has 0 spiro atoms. The van der Waals surface area contributed by atoms with Crippen LogP contribution in [0.5, 0.6) is 0 Å². The van der Waals surface area contributed by atoms with E-state index in [0.29, 0.717) is 31.1 Å². The number of nitrogens with one attached hydrogen (secondary N) is 1. The molecular weight excluding hydrogens is 340 g/mol. The van der Waals surface area contributed by atoms with E-state index in [1.54, 1.807) is 6.07 Å². The number of nitrogens with two attached hydrogens (primary N) is 1. The molecule has 1 unspecified atom stereocenters. The topological polar surface area (TPSA) is 58.4 Å². The molecule has 2 rings (SSSR count). The highest BCUT2D eigenvalue weighted by Crippen LogP contribution is 2.21. The largest absolute Gasteiger partial charge is 0.354 e. The van der Waals surface area contributed by atoms with Gasteiger partial charge in [0.15, 0.2) is 0 Å². The Hall–Kier alpha value is -0.880. The first kappa shape index (κ1) is 20.2. The molecule has 23 heavy (non-hydrogen) atoms. The van der Waals surface area contributed by atoms with Gasteiger partial charge in [0.2, 0.25) is 5.91 Å². The first-order valence-corrected chi connectivity index (χ1v) is 8.12. The summed E-state index contributed by atoms with van der Waals surface area (Å²) in [6, 6.07) is 4.90. The molecule has 1 amide bonds. The fourth-order valence-corrected chi connectivity index (χ4v) is 3.13. The van der Waals surface area contributed by atoms with Gasteiger partial charge in [-0.05, 0) is 43.1 Å². The van der Waals surface area contributed by atoms with E-state index in [-0.39, 0.29) is 30.2 Å². The monoisotopic (exact) mass is 363 g/mol. The molecule has 0 aromatic heterocycles. The number of halogens is 3. The molecule has 7 heteroatoms. The van der Waals surface area contributed by atoms with Crippen molar-refractivity contribution in [3.63, 3.8) is 0 Å². The maximum absolute atomic E-state index is 13.4. The minimum Gasteiger partial charge on any atom is -0.354 e. The van der Waals surface area contributed by atoms with Gasteiger partial charge in [0.05, 0.1) is 0 Å². The molecule has 0 saturated carbocycles. The Balaban J connectivity index is 0.00000264. The molecule has 1 aromatic rings. The van der Waals surface area contributed by atoms with E-state index in [9.17, 15) is 9.18 Å². The second kappa shape index (κ2) is 10.1. The molecule has 0 aliphatic carbocycles. The Morgan fingerprint density at radius 2 is 2.17 bits per heavy atom. The van der Waals surface area contributed by atoms with Crippen LogP contribution in [0.15, 0.2) is 18.2 Å². The number of rotatable bonds is 6. The first-order valence-electron chi connectivity index (χ1n) is 7.74. The highest BCUT2D eigenvalue weighted by atomic mass is 35.5. The summed E-state index contributed by atoms with van der Waals surface area (Å²) in [5, 5.41) is 3.35. The van der Waals surface area contributed by atoms with Gasteiger partial charge in [-0.1, -0.05) is 18.0 Å². The van der Waals surface area contributed by atoms with E-state index >= 15 is 0 Å². The van der Waals surface area contributed by atoms with Crippen LogP contribution in [-0.4, -0.2) is 36.5 Å². The fourth-order valence-electron chi connectivity index (χ4n) is 2.89.